The van der Waals surface area contributed by atoms with Gasteiger partial charge in [0, 0.05) is 38.6 Å². The summed E-state index contributed by atoms with van der Waals surface area (Å²) in [5.74, 6) is 0.388. The van der Waals surface area contributed by atoms with E-state index in [2.05, 4.69) is 29.5 Å². The maximum absolute atomic E-state index is 13.1. The second-order valence-corrected chi connectivity index (χ2v) is 12.6. The maximum Gasteiger partial charge on any atom is 0.422 e. The molecule has 2 aromatic carbocycles. The van der Waals surface area contributed by atoms with Crippen molar-refractivity contribution in [3.05, 3.63) is 42.5 Å². The molecule has 0 unspecified atom stereocenters. The van der Waals surface area contributed by atoms with E-state index in [4.69, 9.17) is 0 Å². The summed E-state index contributed by atoms with van der Waals surface area (Å²) in [5, 5.41) is 4.25. The Hall–Kier alpha value is -3.24. The molecule has 0 atom stereocenters. The molecular formula is C28H34ClF6N5O4S. The average Bonchev–Trinajstić information content (AvgIpc) is 2.96. The van der Waals surface area contributed by atoms with Crippen LogP contribution in [0.15, 0.2) is 47.4 Å². The summed E-state index contributed by atoms with van der Waals surface area (Å²) in [6, 6.07) is 10.2. The lowest BCUT2D eigenvalue weighted by molar-refractivity contribution is -0.154. The molecule has 1 saturated carbocycles. The van der Waals surface area contributed by atoms with Gasteiger partial charge < -0.3 is 19.7 Å². The molecule has 0 amide bonds. The Labute approximate surface area is 263 Å². The standard InChI is InChI=1S/C28H33F6N5O4S.ClH/c1-39(2)25-21-5-3-4-6-22(21)37-26(38-25)35-14-18-7-9-19(10-8-18)15-36-44(40,41)24-13-20(42-16-27(29,30)31)11-12-23(24)43-17-28(32,33)34;/h3-6,11-13,18-19,36H,7-10,14-17H2,1-2H3,(H,35,37,38);1H/t18-,19-;. The van der Waals surface area contributed by atoms with E-state index in [-0.39, 0.29) is 30.8 Å². The first-order valence-corrected chi connectivity index (χ1v) is 15.3. The highest BCUT2D eigenvalue weighted by Crippen LogP contribution is 2.33. The number of alkyl halides is 6. The molecule has 250 valence electrons. The molecule has 0 saturated heterocycles. The van der Waals surface area contributed by atoms with Gasteiger partial charge in [0.1, 0.15) is 22.2 Å². The third-order valence-corrected chi connectivity index (χ3v) is 8.53. The second-order valence-electron chi connectivity index (χ2n) is 10.8. The van der Waals surface area contributed by atoms with Crippen LogP contribution < -0.4 is 24.4 Å². The summed E-state index contributed by atoms with van der Waals surface area (Å²) in [6.07, 6.45) is -6.52. The van der Waals surface area contributed by atoms with Gasteiger partial charge in [0.05, 0.1) is 5.52 Å². The number of nitrogens with zero attached hydrogens (tertiary/aromatic N) is 3. The fourth-order valence-electron chi connectivity index (χ4n) is 4.89. The van der Waals surface area contributed by atoms with Gasteiger partial charge in [0.2, 0.25) is 16.0 Å². The van der Waals surface area contributed by atoms with Crippen molar-refractivity contribution >= 4 is 45.1 Å². The van der Waals surface area contributed by atoms with Gasteiger partial charge in [-0.3, -0.25) is 0 Å². The zero-order valence-electron chi connectivity index (χ0n) is 24.4. The first kappa shape index (κ1) is 36.2. The number of hydrogen-bond acceptors (Lipinski definition) is 8. The number of para-hydroxylation sites is 1. The van der Waals surface area contributed by atoms with E-state index in [0.29, 0.717) is 25.3 Å². The van der Waals surface area contributed by atoms with Gasteiger partial charge in [0.25, 0.3) is 0 Å². The number of anilines is 2. The number of sulfonamides is 1. The largest absolute Gasteiger partial charge is 0.484 e. The molecule has 1 fully saturated rings. The summed E-state index contributed by atoms with van der Waals surface area (Å²) < 4.78 is 114. The third kappa shape index (κ3) is 10.7. The van der Waals surface area contributed by atoms with E-state index < -0.39 is 52.0 Å². The zero-order valence-corrected chi connectivity index (χ0v) is 26.0. The van der Waals surface area contributed by atoms with Crippen LogP contribution in [0.5, 0.6) is 11.5 Å². The minimum atomic E-state index is -4.76. The first-order chi connectivity index (χ1) is 20.6. The van der Waals surface area contributed by atoms with E-state index in [1.165, 1.54) is 0 Å². The number of rotatable bonds is 12. The smallest absolute Gasteiger partial charge is 0.422 e. The van der Waals surface area contributed by atoms with Crippen LogP contribution in [0, 0.1) is 11.8 Å². The average molecular weight is 686 g/mol. The molecule has 0 bridgehead atoms. The van der Waals surface area contributed by atoms with Crippen LogP contribution >= 0.6 is 12.4 Å². The molecule has 4 rings (SSSR count). The van der Waals surface area contributed by atoms with Crippen LogP contribution in [0.2, 0.25) is 0 Å². The quantitative estimate of drug-likeness (QED) is 0.217. The van der Waals surface area contributed by atoms with E-state index >= 15 is 0 Å². The molecule has 1 aliphatic carbocycles. The zero-order chi connectivity index (χ0) is 32.1. The Morgan fingerprint density at radius 2 is 1.47 bits per heavy atom. The fraction of sp³-hybridized carbons (Fsp3) is 0.500. The molecule has 0 aliphatic heterocycles. The van der Waals surface area contributed by atoms with Crippen molar-refractivity contribution in [2.75, 3.05) is 50.6 Å². The van der Waals surface area contributed by atoms with Crippen LogP contribution in [0.1, 0.15) is 25.7 Å². The van der Waals surface area contributed by atoms with Crippen molar-refractivity contribution in [3.8, 4) is 11.5 Å². The monoisotopic (exact) mass is 685 g/mol. The van der Waals surface area contributed by atoms with Crippen LogP contribution in [0.3, 0.4) is 0 Å². The normalized spacial score (nSPS) is 17.4. The Bertz CT molecular complexity index is 1530. The molecular weight excluding hydrogens is 652 g/mol. The number of halogens is 7. The second kappa shape index (κ2) is 14.9. The van der Waals surface area contributed by atoms with Gasteiger partial charge in [-0.25, -0.2) is 18.1 Å². The molecule has 1 aromatic heterocycles. The maximum atomic E-state index is 13.1. The van der Waals surface area contributed by atoms with E-state index in [1.54, 1.807) is 0 Å². The lowest BCUT2D eigenvalue weighted by Gasteiger charge is -2.29. The van der Waals surface area contributed by atoms with Crippen LogP contribution in [-0.2, 0) is 10.0 Å². The Morgan fingerprint density at radius 1 is 0.867 bits per heavy atom. The van der Waals surface area contributed by atoms with Crippen molar-refractivity contribution in [1.82, 2.24) is 14.7 Å². The van der Waals surface area contributed by atoms with Gasteiger partial charge in [0.15, 0.2) is 13.2 Å². The topological polar surface area (TPSA) is 106 Å². The van der Waals surface area contributed by atoms with Crippen molar-refractivity contribution in [3.63, 3.8) is 0 Å². The first-order valence-electron chi connectivity index (χ1n) is 13.8. The highest BCUT2D eigenvalue weighted by Gasteiger charge is 2.32. The number of nitrogens with one attached hydrogen (secondary N) is 2. The molecule has 0 spiro atoms. The third-order valence-electron chi connectivity index (χ3n) is 7.08. The number of hydrogen-bond donors (Lipinski definition) is 2. The number of ether oxygens (including phenoxy) is 2. The van der Waals surface area contributed by atoms with Gasteiger partial charge in [-0.05, 0) is 61.8 Å². The lowest BCUT2D eigenvalue weighted by atomic mass is 9.82. The predicted octanol–water partition coefficient (Wildman–Crippen LogP) is 6.20. The summed E-state index contributed by atoms with van der Waals surface area (Å²) >= 11 is 0. The molecule has 17 heteroatoms. The summed E-state index contributed by atoms with van der Waals surface area (Å²) in [5.41, 5.74) is 0.814. The van der Waals surface area contributed by atoms with Crippen molar-refractivity contribution in [2.45, 2.75) is 42.9 Å². The highest BCUT2D eigenvalue weighted by atomic mass is 35.5. The van der Waals surface area contributed by atoms with E-state index in [9.17, 15) is 34.8 Å². The van der Waals surface area contributed by atoms with E-state index in [1.807, 2.05) is 43.3 Å². The molecule has 1 aliphatic rings. The van der Waals surface area contributed by atoms with Crippen molar-refractivity contribution in [2.24, 2.45) is 11.8 Å². The SMILES string of the molecule is CN(C)c1nc(NC[C@H]2CC[C@H](CNS(=O)(=O)c3cc(OCC(F)(F)F)ccc3OCC(F)(F)F)CC2)nc2ccccc12.Cl. The highest BCUT2D eigenvalue weighted by molar-refractivity contribution is 7.89. The fourth-order valence-corrected chi connectivity index (χ4v) is 6.17. The number of aromatic nitrogens is 2. The molecule has 1 heterocycles. The summed E-state index contributed by atoms with van der Waals surface area (Å²) in [6.45, 7) is -2.87. The van der Waals surface area contributed by atoms with Gasteiger partial charge in [-0.15, -0.1) is 12.4 Å². The summed E-state index contributed by atoms with van der Waals surface area (Å²) in [4.78, 5) is 10.4. The Balaban J connectivity index is 0.00000552. The molecule has 9 nitrogen and oxygen atoms in total. The van der Waals surface area contributed by atoms with Gasteiger partial charge in [-0.2, -0.15) is 31.3 Å². The lowest BCUT2D eigenvalue weighted by Crippen LogP contribution is -2.33. The minimum absolute atomic E-state index is 0. The number of fused-ring (bicyclic) bond motifs is 1. The molecule has 45 heavy (non-hydrogen) atoms. The predicted molar refractivity (Wildman–Crippen MR) is 160 cm³/mol. The van der Waals surface area contributed by atoms with Gasteiger partial charge >= 0.3 is 12.4 Å². The van der Waals surface area contributed by atoms with E-state index in [0.717, 1.165) is 47.8 Å². The Morgan fingerprint density at radius 3 is 2.09 bits per heavy atom. The molecule has 2 N–H and O–H groups in total. The number of benzene rings is 2. The van der Waals surface area contributed by atoms with Crippen molar-refractivity contribution < 1.29 is 44.2 Å². The van der Waals surface area contributed by atoms with Crippen molar-refractivity contribution in [1.29, 1.82) is 0 Å². The molecule has 0 radical (unpaired) electrons. The summed E-state index contributed by atoms with van der Waals surface area (Å²) in [7, 11) is -0.648. The molecule has 3 aromatic rings. The van der Waals surface area contributed by atoms with Crippen LogP contribution in [0.25, 0.3) is 10.9 Å². The van der Waals surface area contributed by atoms with Gasteiger partial charge in [-0.1, -0.05) is 12.1 Å². The Kier molecular flexibility index (Phi) is 12.0. The minimum Gasteiger partial charge on any atom is -0.484 e. The van der Waals surface area contributed by atoms with Crippen LogP contribution in [-0.4, -0.2) is 71.1 Å². The van der Waals surface area contributed by atoms with Crippen LogP contribution in [0.4, 0.5) is 38.1 Å².